The van der Waals surface area contributed by atoms with Crippen molar-refractivity contribution < 1.29 is 47.8 Å². The number of nitrogens with one attached hydrogen (secondary N) is 1. The van der Waals surface area contributed by atoms with E-state index in [1.165, 1.54) is 35.6 Å². The van der Waals surface area contributed by atoms with Gasteiger partial charge in [-0.3, -0.25) is 14.3 Å². The molecular formula is C29H43F2N8O8PS. The predicted molar refractivity (Wildman–Crippen MR) is 179 cm³/mol. The standard InChI is InChI=1S/C23H26F2N7O5PS.C4H11NO2.C2H6O/c1-13(37-38(34,35)36)32-11-14(9-28-32)23-30-18(12-39-23)22(33)29-17(10-27-15-5-3-2-4-6-15)20(26)21-16(24)7-8-19(25)31-21;1-4(5,2-6)3-7;1-2-3/h7-13,15H,2-6,26H2,1H3,(H,29,33)(H2,34,35,36);6-7H,2-3,5H2,1H3;3H,2H2,1H3/b20-17+,27-10?;;. The second kappa shape index (κ2) is 19.6. The Balaban J connectivity index is 0.000000731. The van der Waals surface area contributed by atoms with Crippen molar-refractivity contribution in [3.05, 3.63) is 58.8 Å². The largest absolute Gasteiger partial charge is 0.471 e. The van der Waals surface area contributed by atoms with Gasteiger partial charge < -0.3 is 41.9 Å². The second-order valence-corrected chi connectivity index (χ2v) is 13.1. The molecule has 1 atom stereocenters. The molecule has 0 spiro atoms. The summed E-state index contributed by atoms with van der Waals surface area (Å²) in [6.07, 6.45) is 8.03. The third-order valence-corrected chi connectivity index (χ3v) is 8.04. The molecule has 272 valence electrons. The fourth-order valence-corrected chi connectivity index (χ4v) is 5.22. The number of hydrogen-bond acceptors (Lipinski definition) is 13. The maximum atomic E-state index is 14.4. The molecular weight excluding hydrogens is 689 g/mol. The van der Waals surface area contributed by atoms with Gasteiger partial charge in [0.25, 0.3) is 5.91 Å². The molecule has 1 aliphatic rings. The van der Waals surface area contributed by atoms with Gasteiger partial charge in [-0.25, -0.2) is 23.6 Å². The van der Waals surface area contributed by atoms with Crippen molar-refractivity contribution in [2.75, 3.05) is 19.8 Å². The van der Waals surface area contributed by atoms with E-state index in [1.807, 2.05) is 0 Å². The van der Waals surface area contributed by atoms with Crippen LogP contribution < -0.4 is 16.8 Å². The van der Waals surface area contributed by atoms with Crippen molar-refractivity contribution in [2.24, 2.45) is 16.5 Å². The molecule has 1 amide bonds. The molecule has 0 aromatic carbocycles. The Labute approximate surface area is 285 Å². The van der Waals surface area contributed by atoms with Crippen molar-refractivity contribution in [1.29, 1.82) is 0 Å². The zero-order valence-electron chi connectivity index (χ0n) is 27.2. The molecule has 49 heavy (non-hydrogen) atoms. The van der Waals surface area contributed by atoms with Crippen LogP contribution in [0, 0.1) is 11.8 Å². The monoisotopic (exact) mass is 732 g/mol. The van der Waals surface area contributed by atoms with Crippen LogP contribution in [0.5, 0.6) is 0 Å². The van der Waals surface area contributed by atoms with E-state index in [-0.39, 0.29) is 43.0 Å². The number of rotatable bonds is 11. The van der Waals surface area contributed by atoms with Crippen LogP contribution in [0.4, 0.5) is 8.78 Å². The number of nitrogens with two attached hydrogens (primary N) is 2. The minimum Gasteiger partial charge on any atom is -0.397 e. The zero-order chi connectivity index (χ0) is 36.8. The Bertz CT molecular complexity index is 1600. The fraction of sp³-hybridized carbons (Fsp3) is 0.483. The number of halogens is 2. The highest BCUT2D eigenvalue weighted by atomic mass is 32.1. The number of phosphoric ester groups is 1. The Morgan fingerprint density at radius 2 is 1.86 bits per heavy atom. The number of thiazole rings is 1. The zero-order valence-corrected chi connectivity index (χ0v) is 28.9. The molecule has 10 N–H and O–H groups in total. The number of aliphatic imine (C=N–C) groups is 1. The number of hydrogen-bond donors (Lipinski definition) is 8. The molecule has 16 nitrogen and oxygen atoms in total. The number of carbonyl (C=O) groups is 1. The van der Waals surface area contributed by atoms with Crippen LogP contribution in [-0.4, -0.2) is 88.4 Å². The van der Waals surface area contributed by atoms with Crippen LogP contribution in [0.25, 0.3) is 16.3 Å². The van der Waals surface area contributed by atoms with E-state index in [4.69, 9.17) is 36.6 Å². The minimum absolute atomic E-state index is 0.00584. The first kappa shape index (κ1) is 41.7. The van der Waals surface area contributed by atoms with Crippen LogP contribution in [0.15, 0.2) is 40.6 Å². The number of carbonyl (C=O) groups excluding carboxylic acids is 1. The maximum absolute atomic E-state index is 14.4. The lowest BCUT2D eigenvalue weighted by molar-refractivity contribution is 0.0881. The summed E-state index contributed by atoms with van der Waals surface area (Å²) in [4.78, 5) is 43.4. The molecule has 1 saturated carbocycles. The molecule has 0 aliphatic heterocycles. The van der Waals surface area contributed by atoms with Gasteiger partial charge in [-0.05, 0) is 45.7 Å². The molecule has 3 heterocycles. The number of aliphatic hydroxyl groups excluding tert-OH is 3. The number of pyridine rings is 1. The number of aliphatic hydroxyl groups is 3. The van der Waals surface area contributed by atoms with Gasteiger partial charge in [0.15, 0.2) is 12.0 Å². The fourth-order valence-electron chi connectivity index (χ4n) is 3.96. The molecule has 3 aromatic heterocycles. The molecule has 20 heteroatoms. The first-order valence-corrected chi connectivity index (χ1v) is 17.5. The van der Waals surface area contributed by atoms with Gasteiger partial charge >= 0.3 is 7.82 Å². The predicted octanol–water partition coefficient (Wildman–Crippen LogP) is 2.46. The van der Waals surface area contributed by atoms with E-state index in [9.17, 15) is 18.1 Å². The molecule has 0 bridgehead atoms. The number of phosphoric acid groups is 1. The lowest BCUT2D eigenvalue weighted by Gasteiger charge is -2.18. The van der Waals surface area contributed by atoms with E-state index in [2.05, 4.69) is 29.9 Å². The van der Waals surface area contributed by atoms with E-state index < -0.39 is 43.0 Å². The highest BCUT2D eigenvalue weighted by molar-refractivity contribution is 7.46. The van der Waals surface area contributed by atoms with Crippen molar-refractivity contribution in [3.8, 4) is 10.6 Å². The third kappa shape index (κ3) is 14.1. The van der Waals surface area contributed by atoms with E-state index >= 15 is 0 Å². The molecule has 1 unspecified atom stereocenters. The van der Waals surface area contributed by atoms with Crippen molar-refractivity contribution in [2.45, 2.75) is 70.7 Å². The maximum Gasteiger partial charge on any atom is 0.471 e. The lowest BCUT2D eigenvalue weighted by Crippen LogP contribution is -2.43. The summed E-state index contributed by atoms with van der Waals surface area (Å²) in [5, 5.41) is 32.7. The Morgan fingerprint density at radius 3 is 2.43 bits per heavy atom. The summed E-state index contributed by atoms with van der Waals surface area (Å²) in [7, 11) is -4.73. The van der Waals surface area contributed by atoms with E-state index in [1.54, 1.807) is 13.8 Å². The van der Waals surface area contributed by atoms with E-state index in [0.29, 0.717) is 10.6 Å². The SMILES string of the molecule is CC(N)(CO)CO.CC(OP(=O)(O)O)n1cc(-c2nc(C(=O)N/C(C=NC3CCCCC3)=C(/N)c3nc(F)ccc3F)cs2)cn1.CCO. The van der Waals surface area contributed by atoms with Gasteiger partial charge in [-0.15, -0.1) is 11.3 Å². The highest BCUT2D eigenvalue weighted by Gasteiger charge is 2.22. The molecule has 4 rings (SSSR count). The normalized spacial score (nSPS) is 15.1. The molecule has 0 saturated heterocycles. The Morgan fingerprint density at radius 1 is 1.22 bits per heavy atom. The quantitative estimate of drug-likeness (QED) is 0.0801. The smallest absolute Gasteiger partial charge is 0.397 e. The number of amides is 1. The highest BCUT2D eigenvalue weighted by Crippen LogP contribution is 2.40. The summed E-state index contributed by atoms with van der Waals surface area (Å²) in [5.74, 6) is -2.47. The number of nitrogens with zero attached hydrogens (tertiary/aromatic N) is 5. The Hall–Kier alpha value is -3.52. The average molecular weight is 733 g/mol. The molecule has 1 aliphatic carbocycles. The van der Waals surface area contributed by atoms with Crippen LogP contribution in [-0.2, 0) is 9.09 Å². The number of allylic oxidation sites excluding steroid dienone is 1. The van der Waals surface area contributed by atoms with Gasteiger partial charge in [0.2, 0.25) is 5.95 Å². The topological polar surface area (TPSA) is 265 Å². The van der Waals surface area contributed by atoms with Crippen molar-refractivity contribution >= 4 is 37.0 Å². The molecule has 1 fully saturated rings. The van der Waals surface area contributed by atoms with Crippen LogP contribution in [0.3, 0.4) is 0 Å². The summed E-state index contributed by atoms with van der Waals surface area (Å²) in [6, 6.07) is 1.77. The first-order valence-electron chi connectivity index (χ1n) is 15.1. The van der Waals surface area contributed by atoms with Gasteiger partial charge in [0.1, 0.15) is 16.4 Å². The summed E-state index contributed by atoms with van der Waals surface area (Å²) < 4.78 is 45.0. The van der Waals surface area contributed by atoms with Crippen LogP contribution >= 0.6 is 19.2 Å². The van der Waals surface area contributed by atoms with Crippen LogP contribution in [0.1, 0.15) is 75.3 Å². The van der Waals surface area contributed by atoms with Gasteiger partial charge in [0, 0.05) is 30.0 Å². The lowest BCUT2D eigenvalue weighted by atomic mass is 9.96. The van der Waals surface area contributed by atoms with Gasteiger partial charge in [-0.2, -0.15) is 9.49 Å². The average Bonchev–Trinajstić information content (AvgIpc) is 3.75. The van der Waals surface area contributed by atoms with Gasteiger partial charge in [0.05, 0.1) is 42.4 Å². The number of aromatic nitrogens is 4. The van der Waals surface area contributed by atoms with Crippen molar-refractivity contribution in [1.82, 2.24) is 25.1 Å². The molecule has 0 radical (unpaired) electrons. The first-order chi connectivity index (χ1) is 23.0. The molecule has 3 aromatic rings. The minimum atomic E-state index is -4.73. The summed E-state index contributed by atoms with van der Waals surface area (Å²) in [6.45, 7) is 4.56. The van der Waals surface area contributed by atoms with Crippen LogP contribution in [0.2, 0.25) is 0 Å². The van der Waals surface area contributed by atoms with E-state index in [0.717, 1.165) is 55.6 Å². The second-order valence-electron chi connectivity index (χ2n) is 11.0. The third-order valence-electron chi connectivity index (χ3n) is 6.56. The van der Waals surface area contributed by atoms with Crippen molar-refractivity contribution in [3.63, 3.8) is 0 Å². The Kier molecular flexibility index (Phi) is 16.7. The summed E-state index contributed by atoms with van der Waals surface area (Å²) in [5.41, 5.74) is 10.2. The van der Waals surface area contributed by atoms with Gasteiger partial charge in [-0.1, -0.05) is 19.3 Å². The summed E-state index contributed by atoms with van der Waals surface area (Å²) >= 11 is 1.12.